The molecular weight excluding hydrogens is 311 g/mol. The maximum Gasteiger partial charge on any atom is 0.391 e. The van der Waals surface area contributed by atoms with Crippen molar-refractivity contribution in [2.24, 2.45) is 0 Å². The summed E-state index contributed by atoms with van der Waals surface area (Å²) >= 11 is 0. The summed E-state index contributed by atoms with van der Waals surface area (Å²) in [5, 5.41) is 11.1. The van der Waals surface area contributed by atoms with Crippen LogP contribution in [-0.2, 0) is 15.0 Å². The molecule has 23 heavy (non-hydrogen) atoms. The highest BCUT2D eigenvalue weighted by molar-refractivity contribution is 5.91. The highest BCUT2D eigenvalue weighted by Crippen LogP contribution is 2.41. The second kappa shape index (κ2) is 6.60. The summed E-state index contributed by atoms with van der Waals surface area (Å²) in [7, 11) is 0. The van der Waals surface area contributed by atoms with Gasteiger partial charge < -0.3 is 10.4 Å². The number of hydrogen-bond donors (Lipinski definition) is 2. The molecule has 126 valence electrons. The van der Waals surface area contributed by atoms with Crippen LogP contribution in [0.3, 0.4) is 0 Å². The zero-order valence-corrected chi connectivity index (χ0v) is 12.4. The Hall–Kier alpha value is -2.05. The fourth-order valence-electron chi connectivity index (χ4n) is 3.11. The molecule has 1 fully saturated rings. The predicted octanol–water partition coefficient (Wildman–Crippen LogP) is 3.02. The van der Waals surface area contributed by atoms with Crippen LogP contribution < -0.4 is 5.32 Å². The minimum atomic E-state index is -4.66. The first-order valence-electron chi connectivity index (χ1n) is 7.41. The quantitative estimate of drug-likeness (QED) is 0.873. The Balaban J connectivity index is 2.23. The molecule has 0 spiro atoms. The number of alkyl halides is 3. The molecule has 1 aliphatic carbocycles. The van der Waals surface area contributed by atoms with Gasteiger partial charge in [-0.15, -0.1) is 0 Å². The number of carbonyl (C=O) groups is 2. The summed E-state index contributed by atoms with van der Waals surface area (Å²) in [6.45, 7) is 0. The van der Waals surface area contributed by atoms with Crippen LogP contribution in [0.25, 0.3) is 0 Å². The van der Waals surface area contributed by atoms with Crippen molar-refractivity contribution in [3.63, 3.8) is 0 Å². The molecule has 0 aliphatic heterocycles. The van der Waals surface area contributed by atoms with Gasteiger partial charge in [0.05, 0.1) is 11.8 Å². The Morgan fingerprint density at radius 2 is 1.74 bits per heavy atom. The molecule has 0 bridgehead atoms. The molecule has 4 nitrogen and oxygen atoms in total. The van der Waals surface area contributed by atoms with E-state index in [9.17, 15) is 22.8 Å². The standard InChI is InChI=1S/C16H18F3NO3/c17-16(18,19)10-12(13(21)22)20-14(23)15(8-4-5-9-15)11-6-2-1-3-7-11/h1-3,6-7,12H,4-5,8-10H2,(H,20,23)(H,21,22). The van der Waals surface area contributed by atoms with Gasteiger partial charge in [0, 0.05) is 0 Å². The summed E-state index contributed by atoms with van der Waals surface area (Å²) in [4.78, 5) is 23.7. The van der Waals surface area contributed by atoms with Gasteiger partial charge in [0.15, 0.2) is 0 Å². The highest BCUT2D eigenvalue weighted by atomic mass is 19.4. The highest BCUT2D eigenvalue weighted by Gasteiger charge is 2.45. The second-order valence-corrected chi connectivity index (χ2v) is 5.84. The van der Waals surface area contributed by atoms with Crippen LogP contribution in [0.15, 0.2) is 30.3 Å². The van der Waals surface area contributed by atoms with Gasteiger partial charge in [-0.1, -0.05) is 43.2 Å². The third-order valence-corrected chi connectivity index (χ3v) is 4.26. The summed E-state index contributed by atoms with van der Waals surface area (Å²) in [5.74, 6) is -2.32. The van der Waals surface area contributed by atoms with Gasteiger partial charge in [-0.25, -0.2) is 4.79 Å². The van der Waals surface area contributed by atoms with E-state index in [0.29, 0.717) is 18.4 Å². The van der Waals surface area contributed by atoms with Crippen molar-refractivity contribution in [2.75, 3.05) is 0 Å². The number of carbonyl (C=O) groups excluding carboxylic acids is 1. The van der Waals surface area contributed by atoms with E-state index in [-0.39, 0.29) is 0 Å². The third-order valence-electron chi connectivity index (χ3n) is 4.26. The van der Waals surface area contributed by atoms with Crippen LogP contribution >= 0.6 is 0 Å². The lowest BCUT2D eigenvalue weighted by Gasteiger charge is -2.30. The Bertz CT molecular complexity index is 566. The van der Waals surface area contributed by atoms with Gasteiger partial charge in [-0.3, -0.25) is 4.79 Å². The van der Waals surface area contributed by atoms with E-state index in [1.807, 2.05) is 0 Å². The number of nitrogens with one attached hydrogen (secondary N) is 1. The van der Waals surface area contributed by atoms with Gasteiger partial charge in [0.25, 0.3) is 0 Å². The van der Waals surface area contributed by atoms with Crippen LogP contribution in [0.2, 0.25) is 0 Å². The fraction of sp³-hybridized carbons (Fsp3) is 0.500. The number of amides is 1. The van der Waals surface area contributed by atoms with E-state index in [4.69, 9.17) is 5.11 Å². The van der Waals surface area contributed by atoms with Gasteiger partial charge in [0.1, 0.15) is 6.04 Å². The maximum atomic E-state index is 12.6. The Morgan fingerprint density at radius 1 is 1.17 bits per heavy atom. The molecule has 1 aliphatic rings. The van der Waals surface area contributed by atoms with Crippen LogP contribution in [-0.4, -0.2) is 29.2 Å². The number of aliphatic carboxylic acids is 1. The average molecular weight is 329 g/mol. The molecule has 2 rings (SSSR count). The number of carboxylic acids is 1. The lowest BCUT2D eigenvalue weighted by Crippen LogP contribution is -2.51. The lowest BCUT2D eigenvalue weighted by atomic mass is 9.78. The minimum Gasteiger partial charge on any atom is -0.480 e. The van der Waals surface area contributed by atoms with E-state index < -0.39 is 35.9 Å². The summed E-state index contributed by atoms with van der Waals surface area (Å²) in [6.07, 6.45) is -3.69. The first-order chi connectivity index (χ1) is 10.7. The number of hydrogen-bond acceptors (Lipinski definition) is 2. The third kappa shape index (κ3) is 4.03. The second-order valence-electron chi connectivity index (χ2n) is 5.84. The Morgan fingerprint density at radius 3 is 2.22 bits per heavy atom. The first kappa shape index (κ1) is 17.3. The van der Waals surface area contributed by atoms with E-state index >= 15 is 0 Å². The van der Waals surface area contributed by atoms with E-state index in [0.717, 1.165) is 12.8 Å². The van der Waals surface area contributed by atoms with Crippen LogP contribution in [0, 0.1) is 0 Å². The Labute approximate surface area is 131 Å². The molecule has 1 amide bonds. The van der Waals surface area contributed by atoms with E-state index in [1.54, 1.807) is 30.3 Å². The molecule has 2 N–H and O–H groups in total. The number of benzene rings is 1. The van der Waals surface area contributed by atoms with Crippen molar-refractivity contribution in [1.29, 1.82) is 0 Å². The van der Waals surface area contributed by atoms with Gasteiger partial charge in [-0.05, 0) is 18.4 Å². The van der Waals surface area contributed by atoms with Crippen molar-refractivity contribution >= 4 is 11.9 Å². The monoisotopic (exact) mass is 329 g/mol. The summed E-state index contributed by atoms with van der Waals surface area (Å²) in [6, 6.07) is 6.84. The van der Waals surface area contributed by atoms with Crippen LogP contribution in [0.5, 0.6) is 0 Å². The van der Waals surface area contributed by atoms with Gasteiger partial charge in [-0.2, -0.15) is 13.2 Å². The van der Waals surface area contributed by atoms with Crippen LogP contribution in [0.4, 0.5) is 13.2 Å². The number of rotatable bonds is 5. The average Bonchev–Trinajstić information content (AvgIpc) is 2.97. The minimum absolute atomic E-state index is 0.501. The smallest absolute Gasteiger partial charge is 0.391 e. The molecule has 1 unspecified atom stereocenters. The first-order valence-corrected chi connectivity index (χ1v) is 7.41. The largest absolute Gasteiger partial charge is 0.480 e. The predicted molar refractivity (Wildman–Crippen MR) is 76.8 cm³/mol. The lowest BCUT2D eigenvalue weighted by molar-refractivity contribution is -0.160. The van der Waals surface area contributed by atoms with Crippen molar-refractivity contribution < 1.29 is 27.9 Å². The van der Waals surface area contributed by atoms with E-state index in [2.05, 4.69) is 5.32 Å². The molecule has 0 heterocycles. The fourth-order valence-corrected chi connectivity index (χ4v) is 3.11. The maximum absolute atomic E-state index is 12.6. The molecule has 0 radical (unpaired) electrons. The number of halogens is 3. The summed E-state index contributed by atoms with van der Waals surface area (Å²) in [5.41, 5.74) is -0.230. The molecule has 0 aromatic heterocycles. The molecule has 1 aromatic rings. The van der Waals surface area contributed by atoms with Crippen molar-refractivity contribution in [3.8, 4) is 0 Å². The van der Waals surface area contributed by atoms with Crippen molar-refractivity contribution in [2.45, 2.75) is 49.7 Å². The molecule has 7 heteroatoms. The molecule has 1 saturated carbocycles. The Kier molecular flexibility index (Phi) is 4.97. The van der Waals surface area contributed by atoms with E-state index in [1.165, 1.54) is 0 Å². The molecule has 1 aromatic carbocycles. The molecule has 0 saturated heterocycles. The van der Waals surface area contributed by atoms with Gasteiger partial charge >= 0.3 is 12.1 Å². The normalized spacial score (nSPS) is 18.4. The molecule has 1 atom stereocenters. The zero-order valence-electron chi connectivity index (χ0n) is 12.4. The zero-order chi connectivity index (χ0) is 17.1. The summed E-state index contributed by atoms with van der Waals surface area (Å²) < 4.78 is 37.5. The molecular formula is C16H18F3NO3. The topological polar surface area (TPSA) is 66.4 Å². The van der Waals surface area contributed by atoms with Crippen LogP contribution in [0.1, 0.15) is 37.7 Å². The van der Waals surface area contributed by atoms with Gasteiger partial charge in [0.2, 0.25) is 5.91 Å². The van der Waals surface area contributed by atoms with Crippen molar-refractivity contribution in [3.05, 3.63) is 35.9 Å². The SMILES string of the molecule is O=C(O)C(CC(F)(F)F)NC(=O)C1(c2ccccc2)CCCC1. The van der Waals surface area contributed by atoms with Crippen molar-refractivity contribution in [1.82, 2.24) is 5.32 Å². The number of carboxylic acid groups (broad SMARTS) is 1.